The number of hydrogen-bond donors (Lipinski definition) is 2. The van der Waals surface area contributed by atoms with Crippen LogP contribution < -0.4 is 11.1 Å². The zero-order valence-electron chi connectivity index (χ0n) is 13.1. The zero-order valence-corrected chi connectivity index (χ0v) is 13.1. The molecule has 0 unspecified atom stereocenters. The van der Waals surface area contributed by atoms with E-state index in [1.165, 1.54) is 5.56 Å². The highest BCUT2D eigenvalue weighted by Crippen LogP contribution is 2.15. The van der Waals surface area contributed by atoms with E-state index in [1.54, 1.807) is 0 Å². The first-order valence-electron chi connectivity index (χ1n) is 7.47. The predicted octanol–water partition coefficient (Wildman–Crippen LogP) is 2.89. The molecule has 3 heteroatoms. The topological polar surface area (TPSA) is 55.1 Å². The van der Waals surface area contributed by atoms with Gasteiger partial charge in [0.15, 0.2) is 0 Å². The van der Waals surface area contributed by atoms with E-state index in [4.69, 9.17) is 5.73 Å². The van der Waals surface area contributed by atoms with Crippen molar-refractivity contribution < 1.29 is 4.79 Å². The standard InChI is InChI=1S/C17H28N2O/c1-5-13(2)15(18)16(20)19-17(3,4)12-11-14-9-7-6-8-10-14/h6-10,13,15H,5,11-12,18H2,1-4H3,(H,19,20)/t13-,15-/m0/s1. The summed E-state index contributed by atoms with van der Waals surface area (Å²) in [7, 11) is 0. The number of carbonyl (C=O) groups excluding carboxylic acids is 1. The van der Waals surface area contributed by atoms with Gasteiger partial charge in [0.2, 0.25) is 5.91 Å². The Labute approximate surface area is 122 Å². The third-order valence-electron chi connectivity index (χ3n) is 3.90. The van der Waals surface area contributed by atoms with E-state index >= 15 is 0 Å². The second-order valence-corrected chi connectivity index (χ2v) is 6.27. The zero-order chi connectivity index (χ0) is 15.2. The number of carbonyl (C=O) groups is 1. The molecule has 2 atom stereocenters. The van der Waals surface area contributed by atoms with Crippen molar-refractivity contribution in [3.63, 3.8) is 0 Å². The van der Waals surface area contributed by atoms with Crippen LogP contribution in [-0.4, -0.2) is 17.5 Å². The van der Waals surface area contributed by atoms with Crippen molar-refractivity contribution in [2.45, 2.75) is 58.5 Å². The number of benzene rings is 1. The van der Waals surface area contributed by atoms with E-state index in [9.17, 15) is 4.79 Å². The van der Waals surface area contributed by atoms with Crippen LogP contribution in [0.15, 0.2) is 30.3 Å². The second kappa shape index (κ2) is 7.44. The van der Waals surface area contributed by atoms with Crippen LogP contribution in [0.25, 0.3) is 0 Å². The van der Waals surface area contributed by atoms with Gasteiger partial charge in [-0.25, -0.2) is 0 Å². The van der Waals surface area contributed by atoms with Crippen LogP contribution in [0.2, 0.25) is 0 Å². The van der Waals surface area contributed by atoms with Crippen LogP contribution in [0.1, 0.15) is 46.1 Å². The molecule has 0 saturated heterocycles. The number of aryl methyl sites for hydroxylation is 1. The van der Waals surface area contributed by atoms with Gasteiger partial charge in [-0.15, -0.1) is 0 Å². The van der Waals surface area contributed by atoms with Crippen LogP contribution >= 0.6 is 0 Å². The molecule has 112 valence electrons. The van der Waals surface area contributed by atoms with Gasteiger partial charge in [0.1, 0.15) is 0 Å². The number of nitrogens with one attached hydrogen (secondary N) is 1. The fraction of sp³-hybridized carbons (Fsp3) is 0.588. The van der Waals surface area contributed by atoms with Crippen molar-refractivity contribution >= 4 is 5.91 Å². The van der Waals surface area contributed by atoms with Gasteiger partial charge in [-0.1, -0.05) is 50.6 Å². The molecule has 0 heterocycles. The number of rotatable bonds is 7. The van der Waals surface area contributed by atoms with Crippen LogP contribution in [-0.2, 0) is 11.2 Å². The molecule has 0 spiro atoms. The second-order valence-electron chi connectivity index (χ2n) is 6.27. The first-order valence-corrected chi connectivity index (χ1v) is 7.47. The summed E-state index contributed by atoms with van der Waals surface area (Å²) in [6, 6.07) is 9.91. The first kappa shape index (κ1) is 16.7. The number of hydrogen-bond acceptors (Lipinski definition) is 2. The molecule has 1 aromatic rings. The monoisotopic (exact) mass is 276 g/mol. The predicted molar refractivity (Wildman–Crippen MR) is 84.4 cm³/mol. The summed E-state index contributed by atoms with van der Waals surface area (Å²) < 4.78 is 0. The maximum Gasteiger partial charge on any atom is 0.237 e. The van der Waals surface area contributed by atoms with E-state index < -0.39 is 6.04 Å². The van der Waals surface area contributed by atoms with Gasteiger partial charge in [-0.2, -0.15) is 0 Å². The SMILES string of the molecule is CC[C@H](C)[C@H](N)C(=O)NC(C)(C)CCc1ccccc1. The molecule has 1 aromatic carbocycles. The molecule has 1 amide bonds. The molecule has 0 fully saturated rings. The van der Waals surface area contributed by atoms with Crippen molar-refractivity contribution in [1.29, 1.82) is 0 Å². The molecule has 0 radical (unpaired) electrons. The Kier molecular flexibility index (Phi) is 6.21. The fourth-order valence-corrected chi connectivity index (χ4v) is 2.09. The van der Waals surface area contributed by atoms with Gasteiger partial charge in [0, 0.05) is 5.54 Å². The van der Waals surface area contributed by atoms with Crippen molar-refractivity contribution in [2.24, 2.45) is 11.7 Å². The van der Waals surface area contributed by atoms with Gasteiger partial charge < -0.3 is 11.1 Å². The molecule has 0 aliphatic rings. The molecule has 0 bridgehead atoms. The van der Waals surface area contributed by atoms with Crippen molar-refractivity contribution in [3.05, 3.63) is 35.9 Å². The molecule has 0 aromatic heterocycles. The Morgan fingerprint density at radius 3 is 2.45 bits per heavy atom. The van der Waals surface area contributed by atoms with Crippen molar-refractivity contribution in [3.8, 4) is 0 Å². The van der Waals surface area contributed by atoms with Crippen molar-refractivity contribution in [1.82, 2.24) is 5.32 Å². The Bertz CT molecular complexity index is 414. The Morgan fingerprint density at radius 1 is 1.30 bits per heavy atom. The molecule has 0 aliphatic heterocycles. The lowest BCUT2D eigenvalue weighted by molar-refractivity contribution is -0.125. The normalized spacial score (nSPS) is 14.7. The largest absolute Gasteiger partial charge is 0.350 e. The summed E-state index contributed by atoms with van der Waals surface area (Å²) >= 11 is 0. The van der Waals surface area contributed by atoms with Crippen LogP contribution in [0, 0.1) is 5.92 Å². The maximum atomic E-state index is 12.1. The molecular weight excluding hydrogens is 248 g/mol. The molecule has 0 aliphatic carbocycles. The summed E-state index contributed by atoms with van der Waals surface area (Å²) in [6.45, 7) is 8.17. The van der Waals surface area contributed by atoms with E-state index in [0.717, 1.165) is 19.3 Å². The van der Waals surface area contributed by atoms with Gasteiger partial charge in [-0.3, -0.25) is 4.79 Å². The van der Waals surface area contributed by atoms with Crippen molar-refractivity contribution in [2.75, 3.05) is 0 Å². The Hall–Kier alpha value is -1.35. The summed E-state index contributed by atoms with van der Waals surface area (Å²) in [5.74, 6) is 0.164. The lowest BCUT2D eigenvalue weighted by Crippen LogP contribution is -2.52. The van der Waals surface area contributed by atoms with E-state index in [-0.39, 0.29) is 17.4 Å². The lowest BCUT2D eigenvalue weighted by atomic mass is 9.93. The third-order valence-corrected chi connectivity index (χ3v) is 3.90. The van der Waals surface area contributed by atoms with Gasteiger partial charge in [0.25, 0.3) is 0 Å². The molecule has 0 saturated carbocycles. The van der Waals surface area contributed by atoms with Gasteiger partial charge in [-0.05, 0) is 38.2 Å². The molecule has 1 rings (SSSR count). The van der Waals surface area contributed by atoms with Crippen LogP contribution in [0.4, 0.5) is 0 Å². The Morgan fingerprint density at radius 2 is 1.90 bits per heavy atom. The lowest BCUT2D eigenvalue weighted by Gasteiger charge is -2.29. The molecule has 3 N–H and O–H groups in total. The molecule has 3 nitrogen and oxygen atoms in total. The third kappa shape index (κ3) is 5.33. The summed E-state index contributed by atoms with van der Waals surface area (Å²) in [5, 5.41) is 3.08. The minimum absolute atomic E-state index is 0.0441. The average molecular weight is 276 g/mol. The number of amides is 1. The van der Waals surface area contributed by atoms with E-state index in [2.05, 4.69) is 38.2 Å². The highest BCUT2D eigenvalue weighted by atomic mass is 16.2. The molecule has 20 heavy (non-hydrogen) atoms. The number of nitrogens with two attached hydrogens (primary N) is 1. The fourth-order valence-electron chi connectivity index (χ4n) is 2.09. The highest BCUT2D eigenvalue weighted by molar-refractivity contribution is 5.82. The first-order chi connectivity index (χ1) is 9.35. The van der Waals surface area contributed by atoms with Gasteiger partial charge in [0.05, 0.1) is 6.04 Å². The maximum absolute atomic E-state index is 12.1. The smallest absolute Gasteiger partial charge is 0.237 e. The van der Waals surface area contributed by atoms with Gasteiger partial charge >= 0.3 is 0 Å². The van der Waals surface area contributed by atoms with Crippen LogP contribution in [0.3, 0.4) is 0 Å². The summed E-state index contributed by atoms with van der Waals surface area (Å²) in [4.78, 5) is 12.1. The highest BCUT2D eigenvalue weighted by Gasteiger charge is 2.26. The Balaban J connectivity index is 2.50. The minimum Gasteiger partial charge on any atom is -0.350 e. The van der Waals surface area contributed by atoms with Crippen LogP contribution in [0.5, 0.6) is 0 Å². The van der Waals surface area contributed by atoms with E-state index in [0.29, 0.717) is 0 Å². The summed E-state index contributed by atoms with van der Waals surface area (Å²) in [5.41, 5.74) is 7.03. The molecular formula is C17H28N2O. The van der Waals surface area contributed by atoms with E-state index in [1.807, 2.05) is 25.1 Å². The average Bonchev–Trinajstić information content (AvgIpc) is 2.44. The quantitative estimate of drug-likeness (QED) is 0.804. The minimum atomic E-state index is -0.420. The summed E-state index contributed by atoms with van der Waals surface area (Å²) in [6.07, 6.45) is 2.77.